The number of aryl methyl sites for hydroxylation is 1. The van der Waals surface area contributed by atoms with Gasteiger partial charge >= 0.3 is 0 Å². The molecule has 0 spiro atoms. The number of nitrogens with zero attached hydrogens (tertiary/aromatic N) is 2. The maximum atomic E-state index is 5.67. The van der Waals surface area contributed by atoms with Crippen molar-refractivity contribution in [2.24, 2.45) is 11.8 Å². The molecule has 1 saturated carbocycles. The molecule has 1 aromatic heterocycles. The molecule has 2 fully saturated rings. The van der Waals surface area contributed by atoms with Crippen LogP contribution in [0.5, 0.6) is 0 Å². The van der Waals surface area contributed by atoms with Gasteiger partial charge in [0.1, 0.15) is 0 Å². The van der Waals surface area contributed by atoms with Crippen LogP contribution in [-0.4, -0.2) is 36.2 Å². The van der Waals surface area contributed by atoms with Gasteiger partial charge in [0.2, 0.25) is 0 Å². The number of aromatic nitrogens is 1. The van der Waals surface area contributed by atoms with Crippen LogP contribution in [0.3, 0.4) is 0 Å². The molecular weight excluding hydrogens is 244 g/mol. The molecule has 0 N–H and O–H groups in total. The van der Waals surface area contributed by atoms with Crippen LogP contribution in [0.25, 0.3) is 0 Å². The minimum atomic E-state index is 0.492. The molecule has 1 aliphatic carbocycles. The molecule has 0 bridgehead atoms. The molecule has 3 atom stereocenters. The minimum Gasteiger partial charge on any atom is -0.381 e. The Hall–Kier alpha value is -0.450. The maximum Gasteiger partial charge on any atom is 0.0897 e. The van der Waals surface area contributed by atoms with Crippen LogP contribution in [0.4, 0.5) is 0 Å². The predicted octanol–water partition coefficient (Wildman–Crippen LogP) is 2.70. The van der Waals surface area contributed by atoms with Crippen molar-refractivity contribution in [2.75, 3.05) is 20.2 Å². The highest BCUT2D eigenvalue weighted by Gasteiger charge is 2.40. The van der Waals surface area contributed by atoms with Gasteiger partial charge in [-0.05, 0) is 25.7 Å². The van der Waals surface area contributed by atoms with Crippen LogP contribution in [0, 0.1) is 18.8 Å². The topological polar surface area (TPSA) is 25.4 Å². The molecule has 1 aliphatic heterocycles. The van der Waals surface area contributed by atoms with Gasteiger partial charge in [0, 0.05) is 38.0 Å². The van der Waals surface area contributed by atoms with Gasteiger partial charge in [0.05, 0.1) is 16.8 Å². The molecule has 1 unspecified atom stereocenters. The van der Waals surface area contributed by atoms with Crippen molar-refractivity contribution in [1.29, 1.82) is 0 Å². The molecule has 100 valence electrons. The van der Waals surface area contributed by atoms with Crippen molar-refractivity contribution < 1.29 is 4.74 Å². The number of ether oxygens (including phenoxy) is 1. The van der Waals surface area contributed by atoms with Crippen LogP contribution in [0.1, 0.15) is 30.0 Å². The normalized spacial score (nSPS) is 32.7. The summed E-state index contributed by atoms with van der Waals surface area (Å²) >= 11 is 1.76. The first-order chi connectivity index (χ1) is 8.76. The second-order valence-corrected chi connectivity index (χ2v) is 6.74. The molecule has 0 aromatic carbocycles. The molecule has 2 heterocycles. The van der Waals surface area contributed by atoms with Crippen LogP contribution in [0.15, 0.2) is 5.38 Å². The van der Waals surface area contributed by atoms with Crippen molar-refractivity contribution in [3.63, 3.8) is 0 Å². The Kier molecular flexibility index (Phi) is 3.68. The quantitative estimate of drug-likeness (QED) is 0.841. The first-order valence-electron chi connectivity index (χ1n) is 6.92. The molecule has 4 heteroatoms. The zero-order chi connectivity index (χ0) is 12.5. The smallest absolute Gasteiger partial charge is 0.0897 e. The second kappa shape index (κ2) is 5.27. The molecule has 0 radical (unpaired) electrons. The van der Waals surface area contributed by atoms with E-state index in [1.165, 1.54) is 43.1 Å². The zero-order valence-corrected chi connectivity index (χ0v) is 12.1. The van der Waals surface area contributed by atoms with Crippen LogP contribution in [-0.2, 0) is 11.3 Å². The van der Waals surface area contributed by atoms with Gasteiger partial charge in [0.15, 0.2) is 0 Å². The van der Waals surface area contributed by atoms with Gasteiger partial charge in [-0.1, -0.05) is 6.42 Å². The minimum absolute atomic E-state index is 0.492. The number of thiazole rings is 1. The summed E-state index contributed by atoms with van der Waals surface area (Å²) in [5.41, 5.74) is 1.24. The predicted molar refractivity (Wildman–Crippen MR) is 73.8 cm³/mol. The van der Waals surface area contributed by atoms with E-state index in [9.17, 15) is 0 Å². The van der Waals surface area contributed by atoms with E-state index >= 15 is 0 Å². The molecule has 1 saturated heterocycles. The van der Waals surface area contributed by atoms with E-state index in [-0.39, 0.29) is 0 Å². The van der Waals surface area contributed by atoms with E-state index in [1.54, 1.807) is 11.3 Å². The lowest BCUT2D eigenvalue weighted by atomic mass is 9.79. The van der Waals surface area contributed by atoms with Crippen molar-refractivity contribution in [3.05, 3.63) is 16.1 Å². The van der Waals surface area contributed by atoms with Gasteiger partial charge in [-0.2, -0.15) is 0 Å². The van der Waals surface area contributed by atoms with E-state index < -0.39 is 0 Å². The lowest BCUT2D eigenvalue weighted by Gasteiger charge is -2.31. The summed E-state index contributed by atoms with van der Waals surface area (Å²) in [5.74, 6) is 1.60. The van der Waals surface area contributed by atoms with Crippen LogP contribution < -0.4 is 0 Å². The van der Waals surface area contributed by atoms with Crippen LogP contribution >= 0.6 is 11.3 Å². The number of rotatable bonds is 3. The van der Waals surface area contributed by atoms with Crippen molar-refractivity contribution in [3.8, 4) is 0 Å². The summed E-state index contributed by atoms with van der Waals surface area (Å²) in [6, 6.07) is 0. The highest BCUT2D eigenvalue weighted by Crippen LogP contribution is 2.38. The number of likely N-dealkylation sites (tertiary alicyclic amines) is 1. The van der Waals surface area contributed by atoms with Crippen LogP contribution in [0.2, 0.25) is 0 Å². The van der Waals surface area contributed by atoms with Gasteiger partial charge < -0.3 is 4.74 Å². The molecule has 2 aliphatic rings. The Morgan fingerprint density at radius 2 is 2.33 bits per heavy atom. The Balaban J connectivity index is 1.63. The molecule has 3 rings (SSSR count). The van der Waals surface area contributed by atoms with E-state index in [0.29, 0.717) is 6.10 Å². The fourth-order valence-corrected chi connectivity index (χ4v) is 4.25. The van der Waals surface area contributed by atoms with Crippen molar-refractivity contribution >= 4 is 11.3 Å². The number of methoxy groups -OCH3 is 1. The SMILES string of the molecule is COC1CCC[C@@H]2CN(Cc3csc(C)n3)C[C@H]12. The third-order valence-electron chi connectivity index (χ3n) is 4.46. The Bertz CT molecular complexity index is 406. The summed E-state index contributed by atoms with van der Waals surface area (Å²) in [7, 11) is 1.87. The highest BCUT2D eigenvalue weighted by atomic mass is 32.1. The summed E-state index contributed by atoms with van der Waals surface area (Å²) in [6.45, 7) is 5.54. The average Bonchev–Trinajstić information content (AvgIpc) is 2.94. The van der Waals surface area contributed by atoms with Gasteiger partial charge in [0.25, 0.3) is 0 Å². The van der Waals surface area contributed by atoms with Gasteiger partial charge in [-0.15, -0.1) is 11.3 Å². The van der Waals surface area contributed by atoms with E-state index in [4.69, 9.17) is 4.74 Å². The number of hydrogen-bond acceptors (Lipinski definition) is 4. The van der Waals surface area contributed by atoms with Gasteiger partial charge in [-0.3, -0.25) is 4.90 Å². The molecular formula is C14H22N2OS. The molecule has 1 aromatic rings. The lowest BCUT2D eigenvalue weighted by Crippen LogP contribution is -2.33. The number of fused-ring (bicyclic) bond motifs is 1. The molecule has 3 nitrogen and oxygen atoms in total. The summed E-state index contributed by atoms with van der Waals surface area (Å²) < 4.78 is 5.67. The average molecular weight is 266 g/mol. The highest BCUT2D eigenvalue weighted by molar-refractivity contribution is 7.09. The van der Waals surface area contributed by atoms with E-state index in [2.05, 4.69) is 22.2 Å². The lowest BCUT2D eigenvalue weighted by molar-refractivity contribution is 0.0125. The zero-order valence-electron chi connectivity index (χ0n) is 11.3. The van der Waals surface area contributed by atoms with E-state index in [0.717, 1.165) is 18.4 Å². The largest absolute Gasteiger partial charge is 0.381 e. The molecule has 18 heavy (non-hydrogen) atoms. The molecule has 0 amide bonds. The fourth-order valence-electron chi connectivity index (χ4n) is 3.64. The third-order valence-corrected chi connectivity index (χ3v) is 5.29. The fraction of sp³-hybridized carbons (Fsp3) is 0.786. The summed E-state index contributed by atoms with van der Waals surface area (Å²) in [4.78, 5) is 7.15. The monoisotopic (exact) mass is 266 g/mol. The first-order valence-corrected chi connectivity index (χ1v) is 7.80. The second-order valence-electron chi connectivity index (χ2n) is 5.68. The summed E-state index contributed by atoms with van der Waals surface area (Å²) in [6.07, 6.45) is 4.47. The van der Waals surface area contributed by atoms with E-state index in [1.807, 2.05) is 7.11 Å². The first kappa shape index (κ1) is 12.6. The third kappa shape index (κ3) is 2.46. The summed E-state index contributed by atoms with van der Waals surface area (Å²) in [5, 5.41) is 3.38. The standard InChI is InChI=1S/C14H22N2OS/c1-10-15-12(9-18-10)7-16-6-11-4-3-5-14(17-2)13(11)8-16/h9,11,13-14H,3-8H2,1-2H3/t11-,13+,14?/m1/s1. The van der Waals surface area contributed by atoms with Gasteiger partial charge in [-0.25, -0.2) is 4.98 Å². The Morgan fingerprint density at radius 3 is 3.06 bits per heavy atom. The Morgan fingerprint density at radius 1 is 1.44 bits per heavy atom. The van der Waals surface area contributed by atoms with Crippen molar-refractivity contribution in [1.82, 2.24) is 9.88 Å². The maximum absolute atomic E-state index is 5.67. The number of hydrogen-bond donors (Lipinski definition) is 0. The van der Waals surface area contributed by atoms with Crippen molar-refractivity contribution in [2.45, 2.75) is 38.8 Å². The Labute approximate surface area is 113 Å².